The van der Waals surface area contributed by atoms with Crippen molar-refractivity contribution in [1.29, 1.82) is 0 Å². The number of hydrogen-bond acceptors (Lipinski definition) is 5. The van der Waals surface area contributed by atoms with Crippen molar-refractivity contribution < 1.29 is 24.2 Å². The number of carbonyl (C=O) groups is 3. The maximum absolute atomic E-state index is 12.7. The van der Waals surface area contributed by atoms with Crippen molar-refractivity contribution in [2.75, 3.05) is 4.90 Å². The van der Waals surface area contributed by atoms with Crippen molar-refractivity contribution in [3.8, 4) is 5.75 Å². The molecule has 0 spiro atoms. The highest BCUT2D eigenvalue weighted by Gasteiger charge is 2.37. The normalized spacial score (nSPS) is 16.7. The average Bonchev–Trinajstić information content (AvgIpc) is 2.89. The van der Waals surface area contributed by atoms with Crippen molar-refractivity contribution >= 4 is 52.2 Å². The van der Waals surface area contributed by atoms with Gasteiger partial charge >= 0.3 is 5.97 Å². The Morgan fingerprint density at radius 2 is 1.96 bits per heavy atom. The zero-order valence-electron chi connectivity index (χ0n) is 14.1. The first-order chi connectivity index (χ1) is 12.9. The van der Waals surface area contributed by atoms with Gasteiger partial charge in [0.1, 0.15) is 5.75 Å². The molecule has 1 atom stereocenters. The van der Waals surface area contributed by atoms with E-state index in [9.17, 15) is 14.4 Å². The topological polar surface area (TPSA) is 83.9 Å². The standard InChI is InChI=1S/C19H14ClNO5S/c1-11(18(23)24)26-13-6-4-5-12(9-13)10-16-17(22)21(19(25)27-16)15-8-3-2-7-14(15)20/h2-11H,1H3,(H,23,24)/b16-10+. The van der Waals surface area contributed by atoms with Crippen molar-refractivity contribution in [2.24, 2.45) is 0 Å². The fourth-order valence-corrected chi connectivity index (χ4v) is 3.45. The zero-order valence-corrected chi connectivity index (χ0v) is 15.7. The predicted octanol–water partition coefficient (Wildman–Crippen LogP) is 4.43. The van der Waals surface area contributed by atoms with Crippen molar-refractivity contribution in [3.05, 3.63) is 64.0 Å². The van der Waals surface area contributed by atoms with Gasteiger partial charge < -0.3 is 9.84 Å². The SMILES string of the molecule is CC(Oc1cccc(/C=C2/SC(=O)N(c3ccccc3Cl)C2=O)c1)C(=O)O. The van der Waals surface area contributed by atoms with Gasteiger partial charge in [-0.1, -0.05) is 35.9 Å². The lowest BCUT2D eigenvalue weighted by atomic mass is 10.2. The molecule has 1 saturated heterocycles. The maximum Gasteiger partial charge on any atom is 0.344 e. The molecule has 0 aromatic heterocycles. The molecule has 1 N–H and O–H groups in total. The number of para-hydroxylation sites is 1. The molecule has 0 radical (unpaired) electrons. The molecule has 8 heteroatoms. The Balaban J connectivity index is 1.86. The van der Waals surface area contributed by atoms with Crippen LogP contribution in [0.25, 0.3) is 6.08 Å². The van der Waals surface area contributed by atoms with Gasteiger partial charge in [0.15, 0.2) is 6.10 Å². The minimum Gasteiger partial charge on any atom is -0.479 e. The van der Waals surface area contributed by atoms with Gasteiger partial charge in [-0.3, -0.25) is 9.59 Å². The molecule has 6 nitrogen and oxygen atoms in total. The molecule has 2 amide bonds. The number of imide groups is 1. The number of carboxylic acid groups (broad SMARTS) is 1. The Labute approximate surface area is 164 Å². The van der Waals surface area contributed by atoms with Crippen LogP contribution in [0, 0.1) is 0 Å². The smallest absolute Gasteiger partial charge is 0.344 e. The number of carbonyl (C=O) groups excluding carboxylic acids is 2. The van der Waals surface area contributed by atoms with Crippen LogP contribution < -0.4 is 9.64 Å². The van der Waals surface area contributed by atoms with Gasteiger partial charge in [-0.2, -0.15) is 0 Å². The van der Waals surface area contributed by atoms with E-state index in [1.807, 2.05) is 0 Å². The number of aliphatic carboxylic acids is 1. The number of anilines is 1. The first-order valence-electron chi connectivity index (χ1n) is 7.89. The summed E-state index contributed by atoms with van der Waals surface area (Å²) in [5.41, 5.74) is 0.937. The van der Waals surface area contributed by atoms with Crippen LogP contribution in [-0.4, -0.2) is 28.3 Å². The molecule has 1 fully saturated rings. The van der Waals surface area contributed by atoms with Crippen LogP contribution in [0.3, 0.4) is 0 Å². The maximum atomic E-state index is 12.7. The molecule has 2 aromatic rings. The predicted molar refractivity (Wildman–Crippen MR) is 104 cm³/mol. The molecule has 2 aromatic carbocycles. The molecular formula is C19H14ClNO5S. The summed E-state index contributed by atoms with van der Waals surface area (Å²) in [4.78, 5) is 37.2. The van der Waals surface area contributed by atoms with E-state index in [1.165, 1.54) is 6.92 Å². The Bertz CT molecular complexity index is 959. The van der Waals surface area contributed by atoms with Crippen molar-refractivity contribution in [3.63, 3.8) is 0 Å². The van der Waals surface area contributed by atoms with Gasteiger partial charge in [-0.25, -0.2) is 9.69 Å². The van der Waals surface area contributed by atoms with Gasteiger partial charge in [0, 0.05) is 0 Å². The molecule has 1 unspecified atom stereocenters. The summed E-state index contributed by atoms with van der Waals surface area (Å²) in [6.45, 7) is 1.42. The highest BCUT2D eigenvalue weighted by atomic mass is 35.5. The molecule has 1 aliphatic rings. The van der Waals surface area contributed by atoms with Crippen LogP contribution >= 0.6 is 23.4 Å². The molecule has 138 valence electrons. The first-order valence-corrected chi connectivity index (χ1v) is 9.08. The number of nitrogens with zero attached hydrogens (tertiary/aromatic N) is 1. The van der Waals surface area contributed by atoms with Gasteiger partial charge in [-0.05, 0) is 54.6 Å². The first kappa shape index (κ1) is 19.0. The Morgan fingerprint density at radius 3 is 2.67 bits per heavy atom. The number of rotatable bonds is 5. The van der Waals surface area contributed by atoms with Crippen LogP contribution in [0.4, 0.5) is 10.5 Å². The lowest BCUT2D eigenvalue weighted by Crippen LogP contribution is -2.27. The minimum absolute atomic E-state index is 0.239. The van der Waals surface area contributed by atoms with Gasteiger partial charge in [0.05, 0.1) is 15.6 Å². The van der Waals surface area contributed by atoms with Crippen LogP contribution in [-0.2, 0) is 9.59 Å². The third kappa shape index (κ3) is 4.15. The summed E-state index contributed by atoms with van der Waals surface area (Å²) in [7, 11) is 0. The third-order valence-corrected chi connectivity index (χ3v) is 4.89. The summed E-state index contributed by atoms with van der Waals surface area (Å²) < 4.78 is 5.32. The summed E-state index contributed by atoms with van der Waals surface area (Å²) in [5, 5.41) is 8.79. The van der Waals surface area contributed by atoms with E-state index in [1.54, 1.807) is 54.6 Å². The van der Waals surface area contributed by atoms with Crippen molar-refractivity contribution in [1.82, 2.24) is 0 Å². The number of halogens is 1. The molecule has 27 heavy (non-hydrogen) atoms. The minimum atomic E-state index is -1.08. The van der Waals surface area contributed by atoms with Gasteiger partial charge in [0.2, 0.25) is 0 Å². The average molecular weight is 404 g/mol. The molecule has 0 saturated carbocycles. The molecule has 1 heterocycles. The number of hydrogen-bond donors (Lipinski definition) is 1. The van der Waals surface area contributed by atoms with E-state index in [4.69, 9.17) is 21.4 Å². The number of carboxylic acids is 1. The van der Waals surface area contributed by atoms with Crippen LogP contribution in [0.15, 0.2) is 53.4 Å². The van der Waals surface area contributed by atoms with Crippen molar-refractivity contribution in [2.45, 2.75) is 13.0 Å². The summed E-state index contributed by atoms with van der Waals surface area (Å²) >= 11 is 6.91. The Hall–Kier alpha value is -2.77. The number of ether oxygens (including phenoxy) is 1. The molecule has 0 aliphatic carbocycles. The number of amides is 2. The Morgan fingerprint density at radius 1 is 1.22 bits per heavy atom. The van der Waals surface area contributed by atoms with Crippen LogP contribution in [0.1, 0.15) is 12.5 Å². The van der Waals surface area contributed by atoms with E-state index >= 15 is 0 Å². The largest absolute Gasteiger partial charge is 0.479 e. The monoisotopic (exact) mass is 403 g/mol. The fraction of sp³-hybridized carbons (Fsp3) is 0.105. The zero-order chi connectivity index (χ0) is 19.6. The number of benzene rings is 2. The van der Waals surface area contributed by atoms with E-state index < -0.39 is 23.2 Å². The fourth-order valence-electron chi connectivity index (χ4n) is 2.39. The highest BCUT2D eigenvalue weighted by Crippen LogP contribution is 2.38. The lowest BCUT2D eigenvalue weighted by Gasteiger charge is -2.13. The lowest BCUT2D eigenvalue weighted by molar-refractivity contribution is -0.144. The van der Waals surface area contributed by atoms with E-state index in [0.717, 1.165) is 16.7 Å². The van der Waals surface area contributed by atoms with Gasteiger partial charge in [0.25, 0.3) is 11.1 Å². The summed E-state index contributed by atoms with van der Waals surface area (Å²) in [5.74, 6) is -1.20. The van der Waals surface area contributed by atoms with E-state index in [0.29, 0.717) is 22.0 Å². The molecule has 3 rings (SSSR count). The Kier molecular flexibility index (Phi) is 5.53. The quantitative estimate of drug-likeness (QED) is 0.743. The number of thioether (sulfide) groups is 1. The molecule has 1 aliphatic heterocycles. The summed E-state index contributed by atoms with van der Waals surface area (Å²) in [6.07, 6.45) is 0.549. The summed E-state index contributed by atoms with van der Waals surface area (Å²) in [6, 6.07) is 13.2. The molecular weight excluding hydrogens is 390 g/mol. The highest BCUT2D eigenvalue weighted by molar-refractivity contribution is 8.19. The second kappa shape index (κ2) is 7.85. The molecule has 0 bridgehead atoms. The second-order valence-corrected chi connectivity index (χ2v) is 7.04. The van der Waals surface area contributed by atoms with Crippen LogP contribution in [0.2, 0.25) is 5.02 Å². The van der Waals surface area contributed by atoms with E-state index in [2.05, 4.69) is 0 Å². The third-order valence-electron chi connectivity index (χ3n) is 3.70. The van der Waals surface area contributed by atoms with Crippen LogP contribution in [0.5, 0.6) is 5.75 Å². The second-order valence-electron chi connectivity index (χ2n) is 5.64. The van der Waals surface area contributed by atoms with Gasteiger partial charge in [-0.15, -0.1) is 0 Å². The van der Waals surface area contributed by atoms with E-state index in [-0.39, 0.29) is 4.91 Å².